The van der Waals surface area contributed by atoms with Crippen molar-refractivity contribution in [1.29, 1.82) is 0 Å². The summed E-state index contributed by atoms with van der Waals surface area (Å²) in [5.41, 5.74) is 0.773. The second kappa shape index (κ2) is 7.79. The van der Waals surface area contributed by atoms with E-state index in [9.17, 15) is 14.4 Å². The molecule has 0 saturated carbocycles. The Labute approximate surface area is 149 Å². The van der Waals surface area contributed by atoms with E-state index < -0.39 is 11.8 Å². The van der Waals surface area contributed by atoms with Gasteiger partial charge < -0.3 is 14.5 Å². The summed E-state index contributed by atoms with van der Waals surface area (Å²) in [4.78, 5) is 39.5. The SMILES string of the molecule is COC(=O)C(C)CN(C)C(=O)C1CC(=O)N(c2cccc(Br)c2)C1. The van der Waals surface area contributed by atoms with Crippen LogP contribution in [0.15, 0.2) is 28.7 Å². The first-order valence-corrected chi connectivity index (χ1v) is 8.51. The summed E-state index contributed by atoms with van der Waals surface area (Å²) < 4.78 is 5.56. The molecule has 0 spiro atoms. The van der Waals surface area contributed by atoms with Gasteiger partial charge in [-0.2, -0.15) is 0 Å². The number of carbonyl (C=O) groups is 3. The highest BCUT2D eigenvalue weighted by molar-refractivity contribution is 9.10. The van der Waals surface area contributed by atoms with Crippen molar-refractivity contribution in [2.24, 2.45) is 11.8 Å². The summed E-state index contributed by atoms with van der Waals surface area (Å²) in [5.74, 6) is -1.35. The molecule has 1 fully saturated rings. The number of rotatable bonds is 5. The summed E-state index contributed by atoms with van der Waals surface area (Å²) >= 11 is 3.39. The lowest BCUT2D eigenvalue weighted by molar-refractivity contribution is -0.146. The number of benzene rings is 1. The van der Waals surface area contributed by atoms with Crippen molar-refractivity contribution in [3.8, 4) is 0 Å². The van der Waals surface area contributed by atoms with Crippen LogP contribution in [0.4, 0.5) is 5.69 Å². The molecule has 7 heteroatoms. The highest BCUT2D eigenvalue weighted by Gasteiger charge is 2.37. The predicted molar refractivity (Wildman–Crippen MR) is 93.4 cm³/mol. The Morgan fingerprint density at radius 3 is 2.79 bits per heavy atom. The second-order valence-electron chi connectivity index (χ2n) is 6.03. The fourth-order valence-electron chi connectivity index (χ4n) is 2.85. The Morgan fingerprint density at radius 1 is 1.46 bits per heavy atom. The molecule has 0 aromatic heterocycles. The molecule has 2 atom stereocenters. The van der Waals surface area contributed by atoms with Gasteiger partial charge in [-0.05, 0) is 18.2 Å². The third-order valence-electron chi connectivity index (χ3n) is 4.12. The van der Waals surface area contributed by atoms with Crippen molar-refractivity contribution < 1.29 is 19.1 Å². The van der Waals surface area contributed by atoms with Crippen LogP contribution in [0.2, 0.25) is 0 Å². The lowest BCUT2D eigenvalue weighted by Gasteiger charge is -2.23. The number of ether oxygens (including phenoxy) is 1. The first-order valence-electron chi connectivity index (χ1n) is 7.72. The van der Waals surface area contributed by atoms with Crippen molar-refractivity contribution >= 4 is 39.4 Å². The zero-order valence-electron chi connectivity index (χ0n) is 14.0. The normalized spacial score (nSPS) is 18.4. The molecule has 2 unspecified atom stereocenters. The number of hydrogen-bond acceptors (Lipinski definition) is 4. The first kappa shape index (κ1) is 18.4. The van der Waals surface area contributed by atoms with Crippen LogP contribution in [-0.4, -0.2) is 49.9 Å². The number of amides is 2. The Balaban J connectivity index is 2.02. The van der Waals surface area contributed by atoms with E-state index in [1.54, 1.807) is 18.9 Å². The standard InChI is InChI=1S/C17H21BrN2O4/c1-11(17(23)24-3)9-19(2)16(22)12-7-15(21)20(10-12)14-6-4-5-13(18)8-14/h4-6,8,11-12H,7,9-10H2,1-3H3. The van der Waals surface area contributed by atoms with Crippen LogP contribution in [0.1, 0.15) is 13.3 Å². The molecule has 24 heavy (non-hydrogen) atoms. The van der Waals surface area contributed by atoms with E-state index in [1.165, 1.54) is 12.0 Å². The van der Waals surface area contributed by atoms with Crippen molar-refractivity contribution in [3.05, 3.63) is 28.7 Å². The van der Waals surface area contributed by atoms with Crippen molar-refractivity contribution in [2.45, 2.75) is 13.3 Å². The smallest absolute Gasteiger partial charge is 0.310 e. The van der Waals surface area contributed by atoms with Gasteiger partial charge in [0.2, 0.25) is 11.8 Å². The van der Waals surface area contributed by atoms with Gasteiger partial charge in [-0.15, -0.1) is 0 Å². The molecule has 1 aromatic rings. The Kier molecular flexibility index (Phi) is 5.99. The molecule has 2 rings (SSSR count). The predicted octanol–water partition coefficient (Wildman–Crippen LogP) is 2.07. The average molecular weight is 397 g/mol. The zero-order valence-corrected chi connectivity index (χ0v) is 15.6. The minimum Gasteiger partial charge on any atom is -0.469 e. The van der Waals surface area contributed by atoms with Crippen LogP contribution >= 0.6 is 15.9 Å². The van der Waals surface area contributed by atoms with Crippen LogP contribution in [0, 0.1) is 11.8 Å². The summed E-state index contributed by atoms with van der Waals surface area (Å²) in [5, 5.41) is 0. The minimum atomic E-state index is -0.401. The van der Waals surface area contributed by atoms with Gasteiger partial charge in [0.15, 0.2) is 0 Å². The van der Waals surface area contributed by atoms with Crippen molar-refractivity contribution in [3.63, 3.8) is 0 Å². The van der Waals surface area contributed by atoms with E-state index in [0.29, 0.717) is 6.54 Å². The van der Waals surface area contributed by atoms with Crippen LogP contribution < -0.4 is 4.90 Å². The summed E-state index contributed by atoms with van der Waals surface area (Å²) in [6, 6.07) is 7.44. The Hall–Kier alpha value is -1.89. The Morgan fingerprint density at radius 2 is 2.17 bits per heavy atom. The van der Waals surface area contributed by atoms with Gasteiger partial charge >= 0.3 is 5.97 Å². The largest absolute Gasteiger partial charge is 0.469 e. The fourth-order valence-corrected chi connectivity index (χ4v) is 3.24. The van der Waals surface area contributed by atoms with Crippen LogP contribution in [0.5, 0.6) is 0 Å². The number of halogens is 1. The Bertz CT molecular complexity index is 649. The second-order valence-corrected chi connectivity index (χ2v) is 6.94. The van der Waals surface area contributed by atoms with E-state index >= 15 is 0 Å². The molecule has 2 amide bonds. The molecule has 6 nitrogen and oxygen atoms in total. The van der Waals surface area contributed by atoms with E-state index in [0.717, 1.165) is 10.2 Å². The van der Waals surface area contributed by atoms with Gasteiger partial charge in [0.1, 0.15) is 0 Å². The molecule has 0 radical (unpaired) electrons. The molecular weight excluding hydrogens is 376 g/mol. The van der Waals surface area contributed by atoms with Crippen LogP contribution in [0.25, 0.3) is 0 Å². The lowest BCUT2D eigenvalue weighted by atomic mass is 10.1. The highest BCUT2D eigenvalue weighted by atomic mass is 79.9. The average Bonchev–Trinajstić information content (AvgIpc) is 2.94. The number of methoxy groups -OCH3 is 1. The third kappa shape index (κ3) is 4.14. The van der Waals surface area contributed by atoms with Gasteiger partial charge in [-0.3, -0.25) is 14.4 Å². The summed E-state index contributed by atoms with van der Waals surface area (Å²) in [7, 11) is 2.97. The van der Waals surface area contributed by atoms with E-state index in [2.05, 4.69) is 20.7 Å². The van der Waals surface area contributed by atoms with Gasteiger partial charge in [0.25, 0.3) is 0 Å². The van der Waals surface area contributed by atoms with Crippen LogP contribution in [0.3, 0.4) is 0 Å². The number of nitrogens with zero attached hydrogens (tertiary/aromatic N) is 2. The molecule has 1 aliphatic heterocycles. The molecule has 0 bridgehead atoms. The molecule has 130 valence electrons. The van der Waals surface area contributed by atoms with Gasteiger partial charge in [-0.25, -0.2) is 0 Å². The molecule has 1 aromatic carbocycles. The van der Waals surface area contributed by atoms with E-state index in [-0.39, 0.29) is 30.7 Å². The molecule has 0 aliphatic carbocycles. The number of anilines is 1. The quantitative estimate of drug-likeness (QED) is 0.714. The molecular formula is C17H21BrN2O4. The van der Waals surface area contributed by atoms with Gasteiger partial charge in [0.05, 0.1) is 18.9 Å². The minimum absolute atomic E-state index is 0.0686. The monoisotopic (exact) mass is 396 g/mol. The summed E-state index contributed by atoms with van der Waals surface area (Å²) in [6.45, 7) is 2.33. The van der Waals surface area contributed by atoms with E-state index in [1.807, 2.05) is 24.3 Å². The van der Waals surface area contributed by atoms with E-state index in [4.69, 9.17) is 0 Å². The third-order valence-corrected chi connectivity index (χ3v) is 4.61. The lowest BCUT2D eigenvalue weighted by Crippen LogP contribution is -2.38. The molecule has 1 aliphatic rings. The number of carbonyl (C=O) groups excluding carboxylic acids is 3. The summed E-state index contributed by atoms with van der Waals surface area (Å²) in [6.07, 6.45) is 0.183. The first-order chi connectivity index (χ1) is 11.3. The molecule has 0 N–H and O–H groups in total. The number of hydrogen-bond donors (Lipinski definition) is 0. The van der Waals surface area contributed by atoms with Crippen molar-refractivity contribution in [1.82, 2.24) is 4.90 Å². The topological polar surface area (TPSA) is 66.9 Å². The maximum absolute atomic E-state index is 12.6. The van der Waals surface area contributed by atoms with Gasteiger partial charge in [-0.1, -0.05) is 28.9 Å². The number of esters is 1. The maximum Gasteiger partial charge on any atom is 0.310 e. The van der Waals surface area contributed by atoms with Crippen LogP contribution in [-0.2, 0) is 19.1 Å². The zero-order chi connectivity index (χ0) is 17.9. The maximum atomic E-state index is 12.6. The molecule has 1 heterocycles. The molecule has 1 saturated heterocycles. The van der Waals surface area contributed by atoms with Gasteiger partial charge in [0, 0.05) is 36.7 Å². The highest BCUT2D eigenvalue weighted by Crippen LogP contribution is 2.28. The van der Waals surface area contributed by atoms with Crippen molar-refractivity contribution in [2.75, 3.05) is 32.1 Å². The fraction of sp³-hybridized carbons (Fsp3) is 0.471.